The quantitative estimate of drug-likeness (QED) is 0.498. The van der Waals surface area contributed by atoms with Crippen LogP contribution in [-0.4, -0.2) is 22.5 Å². The van der Waals surface area contributed by atoms with E-state index in [1.54, 1.807) is 22.5 Å². The van der Waals surface area contributed by atoms with Gasteiger partial charge in [0.15, 0.2) is 0 Å². The number of hydrogen-bond donors (Lipinski definition) is 0. The fraction of sp³-hybridized carbons (Fsp3) is 1.00. The van der Waals surface area contributed by atoms with Crippen LogP contribution >= 0.6 is 0 Å². The second kappa shape index (κ2) is 7.90. The van der Waals surface area contributed by atoms with E-state index in [4.69, 9.17) is 0 Å². The van der Waals surface area contributed by atoms with Crippen LogP contribution in [0.25, 0.3) is 0 Å². The van der Waals surface area contributed by atoms with E-state index in [1.807, 2.05) is 0 Å². The molecule has 0 saturated carbocycles. The van der Waals surface area contributed by atoms with Crippen molar-refractivity contribution in [3.8, 4) is 0 Å². The molecule has 0 aromatic heterocycles. The molecule has 59 valence electrons. The van der Waals surface area contributed by atoms with Gasteiger partial charge < -0.3 is 0 Å². The molecule has 0 aromatic carbocycles. The van der Waals surface area contributed by atoms with Crippen molar-refractivity contribution in [2.75, 3.05) is 0 Å². The number of rotatable bonds is 6. The number of hydrogen-bond acceptors (Lipinski definition) is 0. The van der Waals surface area contributed by atoms with Gasteiger partial charge in [-0.2, -0.15) is 0 Å². The van der Waals surface area contributed by atoms with Crippen molar-refractivity contribution in [1.82, 2.24) is 0 Å². The molecule has 0 aliphatic carbocycles. The first-order valence-corrected chi connectivity index (χ1v) is 6.13. The Bertz CT molecular complexity index is 59.7. The fourth-order valence-electron chi connectivity index (χ4n) is 1.05. The predicted octanol–water partition coefficient (Wildman–Crippen LogP) is 3.32. The standard InChI is InChI=1S/C9H19.Sn/c1-3-5-7-9-8-6-4-2;/h3H,4-9H2,1-2H3;. The molecule has 3 radical (unpaired) electrons. The van der Waals surface area contributed by atoms with Crippen LogP contribution in [0, 0.1) is 0 Å². The van der Waals surface area contributed by atoms with Gasteiger partial charge in [-0.3, -0.25) is 0 Å². The molecule has 0 aliphatic heterocycles. The zero-order chi connectivity index (χ0) is 7.82. The van der Waals surface area contributed by atoms with Crippen LogP contribution in [0.1, 0.15) is 52.4 Å². The van der Waals surface area contributed by atoms with Gasteiger partial charge >= 0.3 is 78.8 Å². The van der Waals surface area contributed by atoms with E-state index in [-0.39, 0.29) is 0 Å². The second-order valence-electron chi connectivity index (χ2n) is 3.10. The van der Waals surface area contributed by atoms with Crippen molar-refractivity contribution in [3.05, 3.63) is 0 Å². The van der Waals surface area contributed by atoms with Crippen LogP contribution in [0.3, 0.4) is 0 Å². The van der Waals surface area contributed by atoms with Crippen LogP contribution in [0.15, 0.2) is 0 Å². The van der Waals surface area contributed by atoms with Crippen molar-refractivity contribution in [2.45, 2.75) is 56.3 Å². The molecule has 0 spiro atoms. The molecule has 10 heavy (non-hydrogen) atoms. The summed E-state index contributed by atoms with van der Waals surface area (Å²) in [5.74, 6) is 0. The van der Waals surface area contributed by atoms with E-state index < -0.39 is 0 Å². The summed E-state index contributed by atoms with van der Waals surface area (Å²) in [4.78, 5) is 0. The van der Waals surface area contributed by atoms with E-state index >= 15 is 0 Å². The van der Waals surface area contributed by atoms with E-state index in [9.17, 15) is 0 Å². The van der Waals surface area contributed by atoms with Gasteiger partial charge in [0.1, 0.15) is 0 Å². The summed E-state index contributed by atoms with van der Waals surface area (Å²) in [5, 5.41) is 0. The topological polar surface area (TPSA) is 0 Å². The molecule has 0 amide bonds. The summed E-state index contributed by atoms with van der Waals surface area (Å²) in [7, 11) is 0. The van der Waals surface area contributed by atoms with Gasteiger partial charge in [0, 0.05) is 0 Å². The zero-order valence-corrected chi connectivity index (χ0v) is 10.2. The molecule has 0 nitrogen and oxygen atoms in total. The zero-order valence-electron chi connectivity index (χ0n) is 7.32. The van der Waals surface area contributed by atoms with Crippen molar-refractivity contribution < 1.29 is 0 Å². The van der Waals surface area contributed by atoms with Gasteiger partial charge in [0.25, 0.3) is 0 Å². The van der Waals surface area contributed by atoms with Gasteiger partial charge in [-0.05, 0) is 0 Å². The summed E-state index contributed by atoms with van der Waals surface area (Å²) in [6, 6.07) is 0. The van der Waals surface area contributed by atoms with Crippen molar-refractivity contribution in [1.29, 1.82) is 0 Å². The van der Waals surface area contributed by atoms with Crippen molar-refractivity contribution in [2.24, 2.45) is 0 Å². The first-order valence-electron chi connectivity index (χ1n) is 4.48. The molecule has 1 unspecified atom stereocenters. The maximum atomic E-state index is 2.35. The minimum absolute atomic E-state index is 0.994. The van der Waals surface area contributed by atoms with Crippen LogP contribution in [0.4, 0.5) is 0 Å². The van der Waals surface area contributed by atoms with Gasteiger partial charge in [-0.1, -0.05) is 0 Å². The molecule has 0 N–H and O–H groups in total. The first kappa shape index (κ1) is 10.8. The predicted molar refractivity (Wildman–Crippen MR) is 48.6 cm³/mol. The Morgan fingerprint density at radius 1 is 1.10 bits per heavy atom. The van der Waals surface area contributed by atoms with E-state index in [0.717, 1.165) is 3.93 Å². The third kappa shape index (κ3) is 8.80. The summed E-state index contributed by atoms with van der Waals surface area (Å²) in [5.41, 5.74) is 0. The van der Waals surface area contributed by atoms with Gasteiger partial charge in [0.2, 0.25) is 0 Å². The molecule has 0 aliphatic rings. The molecule has 0 heterocycles. The van der Waals surface area contributed by atoms with Crippen LogP contribution < -0.4 is 0 Å². The second-order valence-corrected chi connectivity index (χ2v) is 5.92. The normalized spacial score (nSPS) is 13.5. The molecule has 1 heteroatoms. The molecule has 0 bridgehead atoms. The summed E-state index contributed by atoms with van der Waals surface area (Å²) >= 11 is 1.71. The van der Waals surface area contributed by atoms with Crippen molar-refractivity contribution >= 4 is 22.5 Å². The molecule has 1 atom stereocenters. The molecule has 0 saturated heterocycles. The van der Waals surface area contributed by atoms with Gasteiger partial charge in [-0.25, -0.2) is 0 Å². The molecular formula is C9H19Sn. The van der Waals surface area contributed by atoms with Crippen molar-refractivity contribution in [3.63, 3.8) is 0 Å². The molecular weight excluding hydrogens is 227 g/mol. The van der Waals surface area contributed by atoms with E-state index in [1.165, 1.54) is 38.5 Å². The Morgan fingerprint density at radius 2 is 1.70 bits per heavy atom. The summed E-state index contributed by atoms with van der Waals surface area (Å²) in [6.45, 7) is 4.62. The average molecular weight is 246 g/mol. The third-order valence-electron chi connectivity index (χ3n) is 1.74. The Hall–Kier alpha value is 0.799. The first-order chi connectivity index (χ1) is 4.77. The minimum atomic E-state index is 0.994. The Labute approximate surface area is 78.9 Å². The monoisotopic (exact) mass is 247 g/mol. The third-order valence-corrected chi connectivity index (χ3v) is 2.56. The number of unbranched alkanes of at least 4 members (excludes halogenated alkanes) is 4. The SMILES string of the molecule is CCCCCCC[CH](C)[Sn]. The Morgan fingerprint density at radius 3 is 2.20 bits per heavy atom. The average Bonchev–Trinajstić information content (AvgIpc) is 1.87. The van der Waals surface area contributed by atoms with E-state index in [2.05, 4.69) is 13.8 Å². The summed E-state index contributed by atoms with van der Waals surface area (Å²) < 4.78 is 0.994. The summed E-state index contributed by atoms with van der Waals surface area (Å²) in [6.07, 6.45) is 8.65. The van der Waals surface area contributed by atoms with Crippen LogP contribution in [-0.2, 0) is 0 Å². The van der Waals surface area contributed by atoms with Crippen LogP contribution in [0.5, 0.6) is 0 Å². The Kier molecular flexibility index (Phi) is 8.53. The Balaban J connectivity index is 2.77. The van der Waals surface area contributed by atoms with Crippen LogP contribution in [0.2, 0.25) is 3.93 Å². The van der Waals surface area contributed by atoms with Gasteiger partial charge in [-0.15, -0.1) is 0 Å². The maximum absolute atomic E-state index is 2.35. The molecule has 0 rings (SSSR count). The van der Waals surface area contributed by atoms with Gasteiger partial charge in [0.05, 0.1) is 0 Å². The molecule has 0 aromatic rings. The fourth-order valence-corrected chi connectivity index (χ4v) is 1.64. The van der Waals surface area contributed by atoms with E-state index in [0.29, 0.717) is 0 Å². The molecule has 0 fully saturated rings.